The van der Waals surface area contributed by atoms with Crippen LogP contribution in [0.4, 0.5) is 4.39 Å². The van der Waals surface area contributed by atoms with Crippen LogP contribution in [0.25, 0.3) is 11.4 Å². The van der Waals surface area contributed by atoms with Crippen molar-refractivity contribution in [1.29, 1.82) is 0 Å². The number of thioether (sulfide) groups is 1. The number of hydrogen-bond acceptors (Lipinski definition) is 4. The number of rotatable bonds is 8. The SMILES string of the molecule is CCCn1c(SCC(=O)N(C)Cc2cccc(F)c2)nnc1-c1cccc(C)c1. The van der Waals surface area contributed by atoms with E-state index in [2.05, 4.69) is 27.8 Å². The van der Waals surface area contributed by atoms with Crippen molar-refractivity contribution >= 4 is 17.7 Å². The van der Waals surface area contributed by atoms with Gasteiger partial charge in [0.1, 0.15) is 5.82 Å². The fraction of sp³-hybridized carbons (Fsp3) is 0.318. The van der Waals surface area contributed by atoms with Crippen LogP contribution >= 0.6 is 11.8 Å². The third-order valence-electron chi connectivity index (χ3n) is 4.50. The maximum Gasteiger partial charge on any atom is 0.233 e. The van der Waals surface area contributed by atoms with Gasteiger partial charge in [0.25, 0.3) is 0 Å². The highest BCUT2D eigenvalue weighted by Crippen LogP contribution is 2.25. The van der Waals surface area contributed by atoms with E-state index in [0.29, 0.717) is 6.54 Å². The number of aromatic nitrogens is 3. The first kappa shape index (κ1) is 21.0. The molecule has 0 aliphatic rings. The molecule has 152 valence electrons. The molecule has 1 heterocycles. The monoisotopic (exact) mass is 412 g/mol. The molecule has 29 heavy (non-hydrogen) atoms. The summed E-state index contributed by atoms with van der Waals surface area (Å²) in [5.74, 6) is 0.733. The Morgan fingerprint density at radius 2 is 1.97 bits per heavy atom. The molecule has 0 radical (unpaired) electrons. The van der Waals surface area contributed by atoms with Gasteiger partial charge in [0, 0.05) is 25.7 Å². The molecule has 0 aliphatic heterocycles. The van der Waals surface area contributed by atoms with E-state index in [4.69, 9.17) is 0 Å². The lowest BCUT2D eigenvalue weighted by atomic mass is 10.1. The highest BCUT2D eigenvalue weighted by Gasteiger charge is 2.17. The molecule has 0 bridgehead atoms. The van der Waals surface area contributed by atoms with Crippen molar-refractivity contribution in [2.45, 2.75) is 38.5 Å². The van der Waals surface area contributed by atoms with Crippen molar-refractivity contribution in [3.05, 3.63) is 65.5 Å². The Kier molecular flexibility index (Phi) is 7.04. The lowest BCUT2D eigenvalue weighted by molar-refractivity contribution is -0.127. The largest absolute Gasteiger partial charge is 0.341 e. The summed E-state index contributed by atoms with van der Waals surface area (Å²) >= 11 is 1.38. The Hall–Kier alpha value is -2.67. The van der Waals surface area contributed by atoms with Crippen LogP contribution in [0.1, 0.15) is 24.5 Å². The number of nitrogens with zero attached hydrogens (tertiary/aromatic N) is 4. The summed E-state index contributed by atoms with van der Waals surface area (Å²) in [7, 11) is 1.72. The number of hydrogen-bond donors (Lipinski definition) is 0. The molecule has 3 aromatic rings. The van der Waals surface area contributed by atoms with Gasteiger partial charge in [-0.2, -0.15) is 0 Å². The summed E-state index contributed by atoms with van der Waals surface area (Å²) in [6.07, 6.45) is 0.942. The zero-order valence-corrected chi connectivity index (χ0v) is 17.7. The van der Waals surface area contributed by atoms with Crippen LogP contribution in [0.15, 0.2) is 53.7 Å². The molecule has 0 atom stereocenters. The topological polar surface area (TPSA) is 51.0 Å². The van der Waals surface area contributed by atoms with Gasteiger partial charge in [-0.3, -0.25) is 4.79 Å². The van der Waals surface area contributed by atoms with Crippen molar-refractivity contribution in [2.75, 3.05) is 12.8 Å². The quantitative estimate of drug-likeness (QED) is 0.509. The second-order valence-electron chi connectivity index (χ2n) is 7.00. The number of amides is 1. The Morgan fingerprint density at radius 1 is 1.17 bits per heavy atom. The summed E-state index contributed by atoms with van der Waals surface area (Å²) in [6, 6.07) is 14.5. The number of carbonyl (C=O) groups is 1. The van der Waals surface area contributed by atoms with Crippen LogP contribution in [0.5, 0.6) is 0 Å². The minimum absolute atomic E-state index is 0.0394. The van der Waals surface area contributed by atoms with Gasteiger partial charge in [-0.25, -0.2) is 4.39 Å². The Balaban J connectivity index is 1.69. The van der Waals surface area contributed by atoms with E-state index < -0.39 is 0 Å². The second-order valence-corrected chi connectivity index (χ2v) is 7.94. The van der Waals surface area contributed by atoms with Crippen LogP contribution in [0.2, 0.25) is 0 Å². The minimum atomic E-state index is -0.297. The van der Waals surface area contributed by atoms with Crippen LogP contribution in [-0.2, 0) is 17.9 Å². The molecule has 0 N–H and O–H groups in total. The summed E-state index contributed by atoms with van der Waals surface area (Å²) in [5, 5.41) is 9.43. The first-order chi connectivity index (χ1) is 14.0. The lowest BCUT2D eigenvalue weighted by Crippen LogP contribution is -2.28. The van der Waals surface area contributed by atoms with E-state index in [0.717, 1.165) is 40.6 Å². The van der Waals surface area contributed by atoms with Gasteiger partial charge in [0.15, 0.2) is 11.0 Å². The first-order valence-corrected chi connectivity index (χ1v) is 10.6. The zero-order chi connectivity index (χ0) is 20.8. The third kappa shape index (κ3) is 5.44. The van der Waals surface area contributed by atoms with Crippen molar-refractivity contribution < 1.29 is 9.18 Å². The van der Waals surface area contributed by atoms with Crippen LogP contribution in [0.3, 0.4) is 0 Å². The lowest BCUT2D eigenvalue weighted by Gasteiger charge is -2.17. The second kappa shape index (κ2) is 9.69. The number of benzene rings is 2. The highest BCUT2D eigenvalue weighted by atomic mass is 32.2. The summed E-state index contributed by atoms with van der Waals surface area (Å²) in [6.45, 7) is 5.30. The van der Waals surface area contributed by atoms with Crippen LogP contribution < -0.4 is 0 Å². The van der Waals surface area contributed by atoms with Gasteiger partial charge >= 0.3 is 0 Å². The molecule has 0 spiro atoms. The molecular formula is C22H25FN4OS. The predicted octanol–water partition coefficient (Wildman–Crippen LogP) is 4.55. The van der Waals surface area contributed by atoms with E-state index >= 15 is 0 Å². The predicted molar refractivity (Wildman–Crippen MR) is 114 cm³/mol. The number of carbonyl (C=O) groups excluding carboxylic acids is 1. The molecule has 0 unspecified atom stereocenters. The van der Waals surface area contributed by atoms with Crippen LogP contribution in [0, 0.1) is 12.7 Å². The fourth-order valence-electron chi connectivity index (χ4n) is 3.05. The van der Waals surface area contributed by atoms with Gasteiger partial charge in [-0.15, -0.1) is 10.2 Å². The van der Waals surface area contributed by atoms with E-state index in [9.17, 15) is 9.18 Å². The maximum absolute atomic E-state index is 13.3. The van der Waals surface area contributed by atoms with Gasteiger partial charge in [0.2, 0.25) is 5.91 Å². The van der Waals surface area contributed by atoms with Crippen LogP contribution in [-0.4, -0.2) is 38.4 Å². The molecule has 1 aromatic heterocycles. The van der Waals surface area contributed by atoms with Crippen molar-refractivity contribution in [3.63, 3.8) is 0 Å². The molecule has 3 rings (SSSR count). The van der Waals surface area contributed by atoms with Gasteiger partial charge in [-0.1, -0.05) is 54.6 Å². The fourth-order valence-corrected chi connectivity index (χ4v) is 3.96. The third-order valence-corrected chi connectivity index (χ3v) is 5.45. The normalized spacial score (nSPS) is 10.9. The molecule has 2 aromatic carbocycles. The van der Waals surface area contributed by atoms with Crippen molar-refractivity contribution in [2.24, 2.45) is 0 Å². The minimum Gasteiger partial charge on any atom is -0.341 e. The molecule has 0 saturated carbocycles. The molecule has 1 amide bonds. The highest BCUT2D eigenvalue weighted by molar-refractivity contribution is 7.99. The average molecular weight is 413 g/mol. The van der Waals surface area contributed by atoms with Gasteiger partial charge < -0.3 is 9.47 Å². The van der Waals surface area contributed by atoms with E-state index in [1.165, 1.54) is 23.9 Å². The van der Waals surface area contributed by atoms with E-state index in [1.54, 1.807) is 18.0 Å². The Morgan fingerprint density at radius 3 is 2.69 bits per heavy atom. The zero-order valence-electron chi connectivity index (χ0n) is 16.9. The average Bonchev–Trinajstić information content (AvgIpc) is 3.09. The summed E-state index contributed by atoms with van der Waals surface area (Å²) in [4.78, 5) is 14.2. The van der Waals surface area contributed by atoms with Gasteiger partial charge in [-0.05, 0) is 37.1 Å². The number of halogens is 1. The smallest absolute Gasteiger partial charge is 0.233 e. The maximum atomic E-state index is 13.3. The van der Waals surface area contributed by atoms with Gasteiger partial charge in [0.05, 0.1) is 5.75 Å². The molecule has 7 heteroatoms. The molecule has 0 aliphatic carbocycles. The summed E-state index contributed by atoms with van der Waals surface area (Å²) in [5.41, 5.74) is 2.95. The Bertz CT molecular complexity index is 988. The molecule has 0 saturated heterocycles. The van der Waals surface area contributed by atoms with Crippen molar-refractivity contribution in [3.8, 4) is 11.4 Å². The molecule has 0 fully saturated rings. The number of aryl methyl sites for hydroxylation is 1. The molecule has 5 nitrogen and oxygen atoms in total. The standard InChI is InChI=1S/C22H25FN4OS/c1-4-11-27-21(18-9-5-7-16(2)12-18)24-25-22(27)29-15-20(28)26(3)14-17-8-6-10-19(23)13-17/h5-10,12-13H,4,11,14-15H2,1-3H3. The molecular weight excluding hydrogens is 387 g/mol. The Labute approximate surface area is 175 Å². The first-order valence-electron chi connectivity index (χ1n) is 9.59. The summed E-state index contributed by atoms with van der Waals surface area (Å²) < 4.78 is 15.4. The van der Waals surface area contributed by atoms with E-state index in [1.807, 2.05) is 31.2 Å². The van der Waals surface area contributed by atoms with Crippen molar-refractivity contribution in [1.82, 2.24) is 19.7 Å². The van der Waals surface area contributed by atoms with E-state index in [-0.39, 0.29) is 17.5 Å².